The van der Waals surface area contributed by atoms with Gasteiger partial charge in [-0.05, 0) is 23.1 Å². The van der Waals surface area contributed by atoms with Crippen LogP contribution in [0.4, 0.5) is 4.79 Å². The number of fused-ring (bicyclic) bond motifs is 1. The minimum Gasteiger partial charge on any atom is -0.269 e. The minimum atomic E-state index is -0.574. The maximum Gasteiger partial charge on any atom is 0.355 e. The normalized spacial score (nSPS) is 12.4. The Bertz CT molecular complexity index is 1010. The number of hydrogen-bond acceptors (Lipinski definition) is 2. The fraction of sp³-hybridized carbons (Fsp3) is 0.190. The highest BCUT2D eigenvalue weighted by Crippen LogP contribution is 2.22. The zero-order valence-corrected chi connectivity index (χ0v) is 14.6. The zero-order chi connectivity index (χ0) is 18.0. The predicted molar refractivity (Wildman–Crippen MR) is 101 cm³/mol. The lowest BCUT2D eigenvalue weighted by Crippen LogP contribution is -2.28. The van der Waals surface area contributed by atoms with Gasteiger partial charge in [-0.15, -0.1) is 0 Å². The summed E-state index contributed by atoms with van der Waals surface area (Å²) in [4.78, 5) is 29.5. The number of carbonyl (C=O) groups excluding carboxylic acids is 1. The van der Waals surface area contributed by atoms with E-state index in [9.17, 15) is 9.59 Å². The highest BCUT2D eigenvalue weighted by Gasteiger charge is 2.23. The summed E-state index contributed by atoms with van der Waals surface area (Å²) in [5.41, 5.74) is 1.36. The third kappa shape index (κ3) is 3.43. The fourth-order valence-corrected chi connectivity index (χ4v) is 2.79. The molecular formula is C21H20N2O2. The van der Waals surface area contributed by atoms with E-state index in [0.29, 0.717) is 11.2 Å². The Morgan fingerprint density at radius 1 is 0.880 bits per heavy atom. The van der Waals surface area contributed by atoms with Crippen LogP contribution in [-0.4, -0.2) is 16.3 Å². The third-order valence-corrected chi connectivity index (χ3v) is 3.96. The van der Waals surface area contributed by atoms with Crippen molar-refractivity contribution in [3.63, 3.8) is 0 Å². The summed E-state index contributed by atoms with van der Waals surface area (Å²) in [5, 5.41) is 0.822. The topological polar surface area (TPSA) is 51.4 Å². The maximum atomic E-state index is 12.9. The maximum absolute atomic E-state index is 12.9. The number of nitrogens with zero attached hydrogens (tertiary/aromatic N) is 2. The Labute approximate surface area is 146 Å². The summed E-state index contributed by atoms with van der Waals surface area (Å²) in [7, 11) is 0. The van der Waals surface area contributed by atoms with Crippen LogP contribution in [0.25, 0.3) is 10.9 Å². The molecule has 0 bridgehead atoms. The smallest absolute Gasteiger partial charge is 0.269 e. The van der Waals surface area contributed by atoms with Crippen LogP contribution in [0.1, 0.15) is 26.3 Å². The van der Waals surface area contributed by atoms with Crippen LogP contribution in [0.3, 0.4) is 0 Å². The molecule has 4 heteroatoms. The molecule has 0 N–H and O–H groups in total. The van der Waals surface area contributed by atoms with Crippen LogP contribution in [0.15, 0.2) is 76.5 Å². The van der Waals surface area contributed by atoms with Gasteiger partial charge in [0.1, 0.15) is 0 Å². The van der Waals surface area contributed by atoms with E-state index < -0.39 is 6.03 Å². The van der Waals surface area contributed by atoms with E-state index in [2.05, 4.69) is 4.99 Å². The monoisotopic (exact) mass is 332 g/mol. The first-order valence-electron chi connectivity index (χ1n) is 8.17. The quantitative estimate of drug-likeness (QED) is 0.616. The molecule has 0 spiro atoms. The lowest BCUT2D eigenvalue weighted by atomic mass is 9.85. The van der Waals surface area contributed by atoms with Gasteiger partial charge in [0.25, 0.3) is 5.56 Å². The Kier molecular flexibility index (Phi) is 4.36. The number of benzene rings is 2. The number of amides is 1. The Morgan fingerprint density at radius 3 is 2.20 bits per heavy atom. The number of hydrogen-bond donors (Lipinski definition) is 0. The third-order valence-electron chi connectivity index (χ3n) is 3.96. The van der Waals surface area contributed by atoms with Crippen LogP contribution in [0.2, 0.25) is 0 Å². The van der Waals surface area contributed by atoms with Gasteiger partial charge in [0, 0.05) is 11.5 Å². The molecule has 0 saturated heterocycles. The molecule has 0 aliphatic heterocycles. The van der Waals surface area contributed by atoms with Crippen LogP contribution in [0.5, 0.6) is 0 Å². The average molecular weight is 332 g/mol. The molecule has 1 aromatic heterocycles. The zero-order valence-electron chi connectivity index (χ0n) is 14.6. The van der Waals surface area contributed by atoms with Crippen LogP contribution in [-0.2, 0) is 0 Å². The van der Waals surface area contributed by atoms with Crippen molar-refractivity contribution in [3.05, 3.63) is 82.6 Å². The first kappa shape index (κ1) is 16.8. The van der Waals surface area contributed by atoms with Gasteiger partial charge in [-0.1, -0.05) is 69.3 Å². The summed E-state index contributed by atoms with van der Waals surface area (Å²) in [6.07, 6.45) is 0. The molecule has 0 aliphatic rings. The molecule has 0 unspecified atom stereocenters. The second-order valence-electron chi connectivity index (χ2n) is 6.92. The molecule has 3 rings (SSSR count). The van der Waals surface area contributed by atoms with E-state index in [4.69, 9.17) is 0 Å². The minimum absolute atomic E-state index is 0.342. The highest BCUT2D eigenvalue weighted by atomic mass is 16.2. The molecule has 0 saturated carbocycles. The predicted octanol–water partition coefficient (Wildman–Crippen LogP) is 4.51. The van der Waals surface area contributed by atoms with E-state index in [1.807, 2.05) is 63.2 Å². The van der Waals surface area contributed by atoms with Crippen LogP contribution in [0, 0.1) is 5.41 Å². The van der Waals surface area contributed by atoms with Gasteiger partial charge >= 0.3 is 6.03 Å². The summed E-state index contributed by atoms with van der Waals surface area (Å²) in [5.74, 6) is 0. The summed E-state index contributed by atoms with van der Waals surface area (Å²) < 4.78 is 1.13. The lowest BCUT2D eigenvalue weighted by Gasteiger charge is -2.21. The number of aromatic nitrogens is 1. The van der Waals surface area contributed by atoms with Gasteiger partial charge in [0.15, 0.2) is 0 Å². The van der Waals surface area contributed by atoms with E-state index in [1.54, 1.807) is 18.2 Å². The largest absolute Gasteiger partial charge is 0.355 e. The molecule has 2 aromatic carbocycles. The van der Waals surface area contributed by atoms with E-state index in [0.717, 1.165) is 15.5 Å². The Morgan fingerprint density at radius 2 is 1.52 bits per heavy atom. The first-order valence-corrected chi connectivity index (χ1v) is 8.17. The number of rotatable bonds is 1. The second-order valence-corrected chi connectivity index (χ2v) is 6.92. The molecule has 0 fully saturated rings. The molecule has 1 heterocycles. The van der Waals surface area contributed by atoms with Crippen LogP contribution >= 0.6 is 0 Å². The van der Waals surface area contributed by atoms with Crippen LogP contribution < -0.4 is 5.56 Å². The van der Waals surface area contributed by atoms with Crippen molar-refractivity contribution < 1.29 is 4.79 Å². The van der Waals surface area contributed by atoms with Gasteiger partial charge in [-0.25, -0.2) is 9.36 Å². The number of aliphatic imine (C=N–C) groups is 1. The van der Waals surface area contributed by atoms with Gasteiger partial charge in [-0.2, -0.15) is 4.99 Å². The van der Waals surface area contributed by atoms with Crippen molar-refractivity contribution in [3.8, 4) is 0 Å². The second kappa shape index (κ2) is 6.48. The molecule has 3 aromatic rings. The lowest BCUT2D eigenvalue weighted by molar-refractivity contribution is 0.250. The molecule has 126 valence electrons. The van der Waals surface area contributed by atoms with Gasteiger partial charge < -0.3 is 0 Å². The van der Waals surface area contributed by atoms with Crippen molar-refractivity contribution in [2.45, 2.75) is 20.8 Å². The van der Waals surface area contributed by atoms with Crippen molar-refractivity contribution in [1.29, 1.82) is 0 Å². The number of carbonyl (C=O) groups is 1. The standard InChI is InChI=1S/C21H20N2O2/c1-21(2,3)19(16-10-5-4-6-11-16)22-20(25)23-17-12-8-7-9-15(17)13-14-18(23)24/h4-14H,1-3H3. The van der Waals surface area contributed by atoms with E-state index >= 15 is 0 Å². The van der Waals surface area contributed by atoms with E-state index in [1.165, 1.54) is 6.07 Å². The van der Waals surface area contributed by atoms with Crippen molar-refractivity contribution >= 4 is 22.6 Å². The molecule has 0 radical (unpaired) electrons. The molecule has 0 aliphatic carbocycles. The highest BCUT2D eigenvalue weighted by molar-refractivity contribution is 6.10. The average Bonchev–Trinajstić information content (AvgIpc) is 2.59. The fourth-order valence-electron chi connectivity index (χ4n) is 2.79. The van der Waals surface area contributed by atoms with Crippen molar-refractivity contribution in [2.24, 2.45) is 10.4 Å². The molecule has 1 amide bonds. The molecule has 4 nitrogen and oxygen atoms in total. The summed E-state index contributed by atoms with van der Waals surface area (Å²) in [6.45, 7) is 5.99. The first-order chi connectivity index (χ1) is 11.9. The summed E-state index contributed by atoms with van der Waals surface area (Å²) in [6, 6.07) is 19.4. The Hall–Kier alpha value is -3.01. The molecular weight excluding hydrogens is 312 g/mol. The number of pyridine rings is 1. The van der Waals surface area contributed by atoms with Crippen molar-refractivity contribution in [1.82, 2.24) is 4.57 Å². The van der Waals surface area contributed by atoms with Gasteiger partial charge in [0.2, 0.25) is 0 Å². The van der Waals surface area contributed by atoms with E-state index in [-0.39, 0.29) is 11.0 Å². The molecule has 0 atom stereocenters. The van der Waals surface area contributed by atoms with Crippen molar-refractivity contribution in [2.75, 3.05) is 0 Å². The summed E-state index contributed by atoms with van der Waals surface area (Å²) >= 11 is 0. The van der Waals surface area contributed by atoms with Gasteiger partial charge in [0.05, 0.1) is 11.2 Å². The van der Waals surface area contributed by atoms with Gasteiger partial charge in [-0.3, -0.25) is 4.79 Å². The Balaban J connectivity index is 2.19. The number of para-hydroxylation sites is 1. The SMILES string of the molecule is CC(C)(C)C(=NC(=O)n1c(=O)ccc2ccccc21)c1ccccc1. The molecule has 25 heavy (non-hydrogen) atoms.